The molecule has 178 valence electrons. The van der Waals surface area contributed by atoms with Crippen LogP contribution in [0.25, 0.3) is 0 Å². The van der Waals surface area contributed by atoms with Gasteiger partial charge in [-0.05, 0) is 42.7 Å². The highest BCUT2D eigenvalue weighted by atomic mass is 19.4. The number of para-hydroxylation sites is 1. The first-order valence-corrected chi connectivity index (χ1v) is 10.2. The smallest absolute Gasteiger partial charge is 0.405 e. The van der Waals surface area contributed by atoms with Crippen molar-refractivity contribution < 1.29 is 32.3 Å². The van der Waals surface area contributed by atoms with Crippen LogP contribution in [-0.2, 0) is 9.59 Å². The number of aryl methyl sites for hydroxylation is 1. The van der Waals surface area contributed by atoms with Crippen LogP contribution < -0.4 is 20.7 Å². The fourth-order valence-electron chi connectivity index (χ4n) is 2.81. The SMILES string of the molecule is Cc1ccc(C(=O)NCC(F)(F)F)cc1NC(=O)C(NC(=O)COc1ccccc1)C(C)C. The van der Waals surface area contributed by atoms with E-state index in [1.54, 1.807) is 50.4 Å². The van der Waals surface area contributed by atoms with Crippen LogP contribution >= 0.6 is 0 Å². The standard InChI is InChI=1S/C23H26F3N3O4/c1-14(2)20(29-19(30)12-33-17-7-5-4-6-8-17)22(32)28-18-11-16(10-9-15(18)3)21(31)27-13-23(24,25)26/h4-11,14,20H,12-13H2,1-3H3,(H,27,31)(H,28,32)(H,29,30). The lowest BCUT2D eigenvalue weighted by Gasteiger charge is -2.22. The highest BCUT2D eigenvalue weighted by Gasteiger charge is 2.28. The van der Waals surface area contributed by atoms with Gasteiger partial charge in [0.15, 0.2) is 6.61 Å². The molecule has 0 aliphatic heterocycles. The van der Waals surface area contributed by atoms with E-state index in [1.807, 2.05) is 6.07 Å². The van der Waals surface area contributed by atoms with Crippen molar-refractivity contribution in [3.05, 3.63) is 59.7 Å². The molecule has 0 spiro atoms. The number of alkyl halides is 3. The van der Waals surface area contributed by atoms with Gasteiger partial charge < -0.3 is 20.7 Å². The second kappa shape index (κ2) is 11.3. The summed E-state index contributed by atoms with van der Waals surface area (Å²) in [5.74, 6) is -1.72. The maximum Gasteiger partial charge on any atom is 0.405 e. The molecule has 2 rings (SSSR count). The second-order valence-electron chi connectivity index (χ2n) is 7.71. The maximum atomic E-state index is 12.8. The topological polar surface area (TPSA) is 96.5 Å². The molecule has 0 radical (unpaired) electrons. The molecule has 0 saturated heterocycles. The molecular formula is C23H26F3N3O4. The molecule has 1 atom stereocenters. The average molecular weight is 465 g/mol. The molecule has 7 nitrogen and oxygen atoms in total. The van der Waals surface area contributed by atoms with Crippen molar-refractivity contribution in [1.82, 2.24) is 10.6 Å². The Kier molecular flexibility index (Phi) is 8.84. The van der Waals surface area contributed by atoms with Gasteiger partial charge in [0.2, 0.25) is 5.91 Å². The number of carbonyl (C=O) groups is 3. The molecule has 10 heteroatoms. The summed E-state index contributed by atoms with van der Waals surface area (Å²) < 4.78 is 42.4. The van der Waals surface area contributed by atoms with Crippen molar-refractivity contribution >= 4 is 23.4 Å². The van der Waals surface area contributed by atoms with E-state index in [0.717, 1.165) is 0 Å². The molecule has 0 heterocycles. The molecule has 3 N–H and O–H groups in total. The van der Waals surface area contributed by atoms with Gasteiger partial charge >= 0.3 is 6.18 Å². The van der Waals surface area contributed by atoms with Crippen LogP contribution in [0.5, 0.6) is 5.75 Å². The summed E-state index contributed by atoms with van der Waals surface area (Å²) in [4.78, 5) is 37.2. The van der Waals surface area contributed by atoms with E-state index in [9.17, 15) is 27.6 Å². The van der Waals surface area contributed by atoms with Gasteiger partial charge in [-0.1, -0.05) is 38.1 Å². The third-order valence-corrected chi connectivity index (χ3v) is 4.59. The number of hydrogen-bond acceptors (Lipinski definition) is 4. The fourth-order valence-corrected chi connectivity index (χ4v) is 2.81. The van der Waals surface area contributed by atoms with Crippen LogP contribution in [0.2, 0.25) is 0 Å². The minimum Gasteiger partial charge on any atom is -0.484 e. The predicted molar refractivity (Wildman–Crippen MR) is 117 cm³/mol. The Hall–Kier alpha value is -3.56. The number of hydrogen-bond donors (Lipinski definition) is 3. The normalized spacial score (nSPS) is 12.1. The fraction of sp³-hybridized carbons (Fsp3) is 0.348. The lowest BCUT2D eigenvalue weighted by atomic mass is 10.0. The van der Waals surface area contributed by atoms with Crippen LogP contribution in [0.4, 0.5) is 18.9 Å². The number of benzene rings is 2. The Balaban J connectivity index is 2.03. The lowest BCUT2D eigenvalue weighted by Crippen LogP contribution is -2.48. The molecule has 0 aliphatic carbocycles. The molecule has 2 aromatic carbocycles. The second-order valence-corrected chi connectivity index (χ2v) is 7.71. The number of halogens is 3. The van der Waals surface area contributed by atoms with E-state index in [2.05, 4.69) is 10.6 Å². The van der Waals surface area contributed by atoms with E-state index in [0.29, 0.717) is 11.3 Å². The minimum atomic E-state index is -4.54. The first-order valence-electron chi connectivity index (χ1n) is 10.2. The molecule has 0 aliphatic rings. The van der Waals surface area contributed by atoms with Gasteiger partial charge in [0.1, 0.15) is 18.3 Å². The summed E-state index contributed by atoms with van der Waals surface area (Å²) in [6.45, 7) is 3.42. The number of ether oxygens (including phenoxy) is 1. The highest BCUT2D eigenvalue weighted by molar-refractivity contribution is 6.00. The molecule has 2 aromatic rings. The Morgan fingerprint density at radius 3 is 2.30 bits per heavy atom. The van der Waals surface area contributed by atoms with Gasteiger partial charge in [-0.3, -0.25) is 14.4 Å². The van der Waals surface area contributed by atoms with E-state index >= 15 is 0 Å². The first kappa shape index (κ1) is 25.7. The van der Waals surface area contributed by atoms with Crippen molar-refractivity contribution in [2.45, 2.75) is 33.0 Å². The van der Waals surface area contributed by atoms with Gasteiger partial charge in [-0.25, -0.2) is 0 Å². The quantitative estimate of drug-likeness (QED) is 0.529. The molecule has 0 saturated carbocycles. The van der Waals surface area contributed by atoms with Crippen molar-refractivity contribution in [2.75, 3.05) is 18.5 Å². The van der Waals surface area contributed by atoms with E-state index in [1.165, 1.54) is 18.2 Å². The van der Waals surface area contributed by atoms with E-state index in [4.69, 9.17) is 4.74 Å². The molecule has 0 aromatic heterocycles. The molecule has 0 bridgehead atoms. The summed E-state index contributed by atoms with van der Waals surface area (Å²) >= 11 is 0. The average Bonchev–Trinajstić information content (AvgIpc) is 2.75. The van der Waals surface area contributed by atoms with E-state index in [-0.39, 0.29) is 23.8 Å². The van der Waals surface area contributed by atoms with Crippen molar-refractivity contribution in [1.29, 1.82) is 0 Å². The van der Waals surface area contributed by atoms with Gasteiger partial charge in [0, 0.05) is 11.3 Å². The van der Waals surface area contributed by atoms with Crippen LogP contribution in [0.15, 0.2) is 48.5 Å². The Labute approximate surface area is 189 Å². The molecule has 33 heavy (non-hydrogen) atoms. The first-order chi connectivity index (χ1) is 15.5. The summed E-state index contributed by atoms with van der Waals surface area (Å²) in [7, 11) is 0. The Morgan fingerprint density at radius 2 is 1.70 bits per heavy atom. The number of anilines is 1. The molecule has 3 amide bonds. The Bertz CT molecular complexity index is 979. The Morgan fingerprint density at radius 1 is 1.03 bits per heavy atom. The van der Waals surface area contributed by atoms with Crippen LogP contribution in [0, 0.1) is 12.8 Å². The minimum absolute atomic E-state index is 0.0402. The third-order valence-electron chi connectivity index (χ3n) is 4.59. The summed E-state index contributed by atoms with van der Waals surface area (Å²) in [5.41, 5.74) is 0.804. The zero-order chi connectivity index (χ0) is 24.6. The number of carbonyl (C=O) groups excluding carboxylic acids is 3. The number of nitrogens with one attached hydrogen (secondary N) is 3. The zero-order valence-electron chi connectivity index (χ0n) is 18.5. The molecule has 0 fully saturated rings. The van der Waals surface area contributed by atoms with Gasteiger partial charge in [-0.15, -0.1) is 0 Å². The van der Waals surface area contributed by atoms with Gasteiger partial charge in [0.05, 0.1) is 0 Å². The summed E-state index contributed by atoms with van der Waals surface area (Å²) in [6, 6.07) is 12.0. The monoisotopic (exact) mass is 465 g/mol. The summed E-state index contributed by atoms with van der Waals surface area (Å²) in [6.07, 6.45) is -4.54. The van der Waals surface area contributed by atoms with Crippen molar-refractivity contribution in [3.63, 3.8) is 0 Å². The van der Waals surface area contributed by atoms with Crippen LogP contribution in [0.1, 0.15) is 29.8 Å². The van der Waals surface area contributed by atoms with Crippen LogP contribution in [-0.4, -0.2) is 43.1 Å². The third kappa shape index (κ3) is 8.47. The maximum absolute atomic E-state index is 12.8. The number of amides is 3. The molecule has 1 unspecified atom stereocenters. The van der Waals surface area contributed by atoms with E-state index < -0.39 is 36.5 Å². The zero-order valence-corrected chi connectivity index (χ0v) is 18.5. The van der Waals surface area contributed by atoms with Crippen LogP contribution in [0.3, 0.4) is 0 Å². The largest absolute Gasteiger partial charge is 0.484 e. The molecular weight excluding hydrogens is 439 g/mol. The lowest BCUT2D eigenvalue weighted by molar-refractivity contribution is -0.128. The number of rotatable bonds is 9. The highest BCUT2D eigenvalue weighted by Crippen LogP contribution is 2.19. The van der Waals surface area contributed by atoms with Gasteiger partial charge in [-0.2, -0.15) is 13.2 Å². The van der Waals surface area contributed by atoms with Gasteiger partial charge in [0.25, 0.3) is 11.8 Å². The van der Waals surface area contributed by atoms with Crippen molar-refractivity contribution in [3.8, 4) is 5.75 Å². The predicted octanol–water partition coefficient (Wildman–Crippen LogP) is 3.45. The summed E-state index contributed by atoms with van der Waals surface area (Å²) in [5, 5.41) is 7.05. The van der Waals surface area contributed by atoms with Crippen molar-refractivity contribution in [2.24, 2.45) is 5.92 Å².